The number of benzene rings is 5. The van der Waals surface area contributed by atoms with Gasteiger partial charge in [0.15, 0.2) is 0 Å². The first-order valence-corrected chi connectivity index (χ1v) is 19.4. The maximum absolute atomic E-state index is 6.37. The second kappa shape index (κ2) is 9.54. The van der Waals surface area contributed by atoms with Gasteiger partial charge in [-0.2, -0.15) is 0 Å². The van der Waals surface area contributed by atoms with Crippen molar-refractivity contribution in [2.45, 2.75) is 59.2 Å². The van der Waals surface area contributed by atoms with Crippen LogP contribution in [0.5, 0.6) is 0 Å². The number of nitrogens with zero attached hydrogens (tertiary/aromatic N) is 2. The van der Waals surface area contributed by atoms with Crippen LogP contribution in [-0.2, 0) is 0 Å². The summed E-state index contributed by atoms with van der Waals surface area (Å²) in [6.07, 6.45) is 0. The molecule has 0 atom stereocenters. The van der Waals surface area contributed by atoms with Gasteiger partial charge in [-0.1, -0.05) is 107 Å². The first-order chi connectivity index (χ1) is 21.1. The van der Waals surface area contributed by atoms with E-state index in [1.54, 1.807) is 0 Å². The highest BCUT2D eigenvalue weighted by Crippen LogP contribution is 2.43. The average molecular weight is 591 g/mol. The molecule has 8 rings (SSSR count). The Balaban J connectivity index is 1.57. The molecular formula is C40H38N2OSi. The minimum absolute atomic E-state index is 0.414. The summed E-state index contributed by atoms with van der Waals surface area (Å²) < 4.78 is 8.75. The Kier molecular flexibility index (Phi) is 5.89. The SMILES string of the molecule is CC(C)c1cc([Si](C)(C)C)cc(C(C)C)c1-c1ccc2c3c(ccc4oc5ccccc5c43)c3nc4ccccc4n3c2c1. The Labute approximate surface area is 259 Å². The van der Waals surface area contributed by atoms with Crippen LogP contribution in [0.1, 0.15) is 50.7 Å². The standard InChI is InChI=1S/C40H38N2OSi/c1-23(2)30-21-26(44(5,6)7)22-31(24(3)4)37(30)25-16-17-27-34(20-25)42-33-14-10-9-13-32(33)41-40(42)29-18-19-36-39(38(27)29)28-12-8-11-15-35(28)43-36/h8-24H,1-7H3. The van der Waals surface area contributed by atoms with E-state index in [1.165, 1.54) is 43.7 Å². The molecule has 0 spiro atoms. The van der Waals surface area contributed by atoms with Crippen LogP contribution in [0.15, 0.2) is 95.4 Å². The molecule has 0 saturated carbocycles. The van der Waals surface area contributed by atoms with Crippen molar-refractivity contribution in [1.82, 2.24) is 9.38 Å². The maximum Gasteiger partial charge on any atom is 0.146 e. The average Bonchev–Trinajstić information content (AvgIpc) is 3.58. The van der Waals surface area contributed by atoms with Crippen molar-refractivity contribution in [2.75, 3.05) is 0 Å². The fourth-order valence-electron chi connectivity index (χ4n) is 7.18. The summed E-state index contributed by atoms with van der Waals surface area (Å²) in [5.41, 5.74) is 11.7. The monoisotopic (exact) mass is 590 g/mol. The molecule has 0 bridgehead atoms. The summed E-state index contributed by atoms with van der Waals surface area (Å²) in [6, 6.07) is 33.4. The van der Waals surface area contributed by atoms with Gasteiger partial charge in [-0.25, -0.2) is 4.98 Å². The molecule has 0 unspecified atom stereocenters. The number of imidazole rings is 1. The van der Waals surface area contributed by atoms with Crippen LogP contribution in [0.25, 0.3) is 71.4 Å². The zero-order chi connectivity index (χ0) is 30.5. The number of rotatable bonds is 4. The van der Waals surface area contributed by atoms with Crippen molar-refractivity contribution in [1.29, 1.82) is 0 Å². The summed E-state index contributed by atoms with van der Waals surface area (Å²) in [7, 11) is -1.51. The minimum Gasteiger partial charge on any atom is -0.456 e. The predicted molar refractivity (Wildman–Crippen MR) is 192 cm³/mol. The third-order valence-electron chi connectivity index (χ3n) is 9.45. The van der Waals surface area contributed by atoms with Crippen molar-refractivity contribution < 1.29 is 4.42 Å². The third kappa shape index (κ3) is 3.90. The van der Waals surface area contributed by atoms with Crippen molar-refractivity contribution >= 4 is 73.6 Å². The van der Waals surface area contributed by atoms with Gasteiger partial charge in [0.1, 0.15) is 16.8 Å². The number of fused-ring (bicyclic) bond motifs is 12. The van der Waals surface area contributed by atoms with Crippen molar-refractivity contribution in [2.24, 2.45) is 0 Å². The van der Waals surface area contributed by atoms with Crippen LogP contribution in [0.3, 0.4) is 0 Å². The molecule has 3 heterocycles. The summed E-state index contributed by atoms with van der Waals surface area (Å²) >= 11 is 0. The Morgan fingerprint density at radius 3 is 2.05 bits per heavy atom. The highest BCUT2D eigenvalue weighted by Gasteiger charge is 2.25. The third-order valence-corrected chi connectivity index (χ3v) is 11.5. The van der Waals surface area contributed by atoms with E-state index in [-0.39, 0.29) is 0 Å². The first kappa shape index (κ1) is 27.2. The van der Waals surface area contributed by atoms with Gasteiger partial charge < -0.3 is 4.42 Å². The van der Waals surface area contributed by atoms with Gasteiger partial charge in [-0.15, -0.1) is 0 Å². The Bertz CT molecular complexity index is 2410. The summed E-state index contributed by atoms with van der Waals surface area (Å²) in [4.78, 5) is 5.23. The highest BCUT2D eigenvalue weighted by atomic mass is 28.3. The van der Waals surface area contributed by atoms with Gasteiger partial charge in [0.25, 0.3) is 0 Å². The van der Waals surface area contributed by atoms with E-state index in [4.69, 9.17) is 9.40 Å². The lowest BCUT2D eigenvalue weighted by Gasteiger charge is -2.26. The molecule has 8 aromatic rings. The lowest BCUT2D eigenvalue weighted by Crippen LogP contribution is -2.38. The molecule has 0 aliphatic rings. The smallest absolute Gasteiger partial charge is 0.146 e. The molecular weight excluding hydrogens is 553 g/mol. The molecule has 0 radical (unpaired) electrons. The second-order valence-corrected chi connectivity index (χ2v) is 19.1. The summed E-state index contributed by atoms with van der Waals surface area (Å²) in [5, 5.41) is 7.41. The molecule has 3 aromatic heterocycles. The Morgan fingerprint density at radius 2 is 1.32 bits per heavy atom. The van der Waals surface area contributed by atoms with Crippen LogP contribution in [0.2, 0.25) is 19.6 Å². The molecule has 218 valence electrons. The number of hydrogen-bond donors (Lipinski definition) is 0. The Hall–Kier alpha value is -4.41. The van der Waals surface area contributed by atoms with E-state index in [2.05, 4.69) is 137 Å². The normalized spacial score (nSPS) is 12.8. The molecule has 4 heteroatoms. The minimum atomic E-state index is -1.51. The van der Waals surface area contributed by atoms with E-state index in [1.807, 2.05) is 6.07 Å². The van der Waals surface area contributed by atoms with Crippen molar-refractivity contribution in [3.8, 4) is 11.1 Å². The van der Waals surface area contributed by atoms with Gasteiger partial charge >= 0.3 is 0 Å². The number of para-hydroxylation sites is 3. The number of hydrogen-bond acceptors (Lipinski definition) is 2. The molecule has 0 N–H and O–H groups in total. The number of aromatic nitrogens is 2. The van der Waals surface area contributed by atoms with Crippen LogP contribution < -0.4 is 5.19 Å². The highest BCUT2D eigenvalue weighted by molar-refractivity contribution is 6.88. The molecule has 3 nitrogen and oxygen atoms in total. The largest absolute Gasteiger partial charge is 0.456 e. The van der Waals surface area contributed by atoms with E-state index in [9.17, 15) is 0 Å². The van der Waals surface area contributed by atoms with Crippen molar-refractivity contribution in [3.63, 3.8) is 0 Å². The molecule has 0 aliphatic carbocycles. The van der Waals surface area contributed by atoms with Gasteiger partial charge in [0, 0.05) is 26.9 Å². The molecule has 0 saturated heterocycles. The predicted octanol–water partition coefficient (Wildman–Crippen LogP) is 11.2. The summed E-state index contributed by atoms with van der Waals surface area (Å²) in [5.74, 6) is 0.828. The maximum atomic E-state index is 6.37. The topological polar surface area (TPSA) is 30.4 Å². The van der Waals surface area contributed by atoms with Gasteiger partial charge in [-0.05, 0) is 70.5 Å². The lowest BCUT2D eigenvalue weighted by atomic mass is 9.84. The molecule has 0 fully saturated rings. The number of furan rings is 1. The number of pyridine rings is 1. The fraction of sp³-hybridized carbons (Fsp3) is 0.225. The van der Waals surface area contributed by atoms with Crippen LogP contribution in [0, 0.1) is 0 Å². The first-order valence-electron chi connectivity index (χ1n) is 15.9. The zero-order valence-corrected chi connectivity index (χ0v) is 27.6. The van der Waals surface area contributed by atoms with Gasteiger partial charge in [-0.3, -0.25) is 4.40 Å². The molecule has 0 aliphatic heterocycles. The second-order valence-electron chi connectivity index (χ2n) is 14.0. The van der Waals surface area contributed by atoms with E-state index >= 15 is 0 Å². The van der Waals surface area contributed by atoms with Crippen LogP contribution in [-0.4, -0.2) is 17.5 Å². The quantitative estimate of drug-likeness (QED) is 0.151. The van der Waals surface area contributed by atoms with Crippen LogP contribution >= 0.6 is 0 Å². The molecule has 5 aromatic carbocycles. The van der Waals surface area contributed by atoms with Gasteiger partial charge in [0.2, 0.25) is 0 Å². The van der Waals surface area contributed by atoms with E-state index < -0.39 is 8.07 Å². The summed E-state index contributed by atoms with van der Waals surface area (Å²) in [6.45, 7) is 16.7. The zero-order valence-electron chi connectivity index (χ0n) is 26.6. The van der Waals surface area contributed by atoms with E-state index in [0.29, 0.717) is 11.8 Å². The fourth-order valence-corrected chi connectivity index (χ4v) is 8.36. The molecule has 0 amide bonds. The van der Waals surface area contributed by atoms with Gasteiger partial charge in [0.05, 0.1) is 24.6 Å². The Morgan fingerprint density at radius 1 is 0.636 bits per heavy atom. The lowest BCUT2D eigenvalue weighted by molar-refractivity contribution is 0.669. The van der Waals surface area contributed by atoms with E-state index in [0.717, 1.165) is 44.0 Å². The van der Waals surface area contributed by atoms with Crippen LogP contribution in [0.4, 0.5) is 0 Å². The molecule has 44 heavy (non-hydrogen) atoms. The van der Waals surface area contributed by atoms with Crippen molar-refractivity contribution in [3.05, 3.63) is 102 Å².